The van der Waals surface area contributed by atoms with Crippen molar-refractivity contribution < 1.29 is 4.79 Å². The van der Waals surface area contributed by atoms with E-state index in [-0.39, 0.29) is 18.1 Å². The summed E-state index contributed by atoms with van der Waals surface area (Å²) in [6.07, 6.45) is 0. The van der Waals surface area contributed by atoms with Gasteiger partial charge in [-0.25, -0.2) is 4.79 Å². The number of amides is 2. The maximum atomic E-state index is 12.3. The molecule has 2 rings (SSSR count). The third-order valence-corrected chi connectivity index (χ3v) is 5.87. The van der Waals surface area contributed by atoms with Crippen LogP contribution in [0.15, 0.2) is 0 Å². The Morgan fingerprint density at radius 1 is 1.12 bits per heavy atom. The highest BCUT2D eigenvalue weighted by Gasteiger charge is 2.39. The van der Waals surface area contributed by atoms with E-state index in [2.05, 4.69) is 0 Å². The van der Waals surface area contributed by atoms with Gasteiger partial charge in [-0.15, -0.1) is 0 Å². The SMILES string of the molecule is C[C@H]1CSC(=S)N1C(=O)N1C(=S)SC[C@@H]1C. The molecule has 2 amide bonds. The molecule has 2 heterocycles. The lowest BCUT2D eigenvalue weighted by Gasteiger charge is -2.28. The van der Waals surface area contributed by atoms with Crippen molar-refractivity contribution >= 4 is 62.6 Å². The Balaban J connectivity index is 2.18. The minimum absolute atomic E-state index is 0.0509. The minimum atomic E-state index is -0.0509. The molecule has 2 fully saturated rings. The molecular formula is C9H12N2OS4. The van der Waals surface area contributed by atoms with Crippen LogP contribution >= 0.6 is 48.0 Å². The summed E-state index contributed by atoms with van der Waals surface area (Å²) in [5.41, 5.74) is 0. The van der Waals surface area contributed by atoms with Crippen molar-refractivity contribution in [1.29, 1.82) is 0 Å². The topological polar surface area (TPSA) is 23.6 Å². The molecule has 2 aliphatic heterocycles. The summed E-state index contributed by atoms with van der Waals surface area (Å²) in [7, 11) is 0. The molecule has 16 heavy (non-hydrogen) atoms. The summed E-state index contributed by atoms with van der Waals surface area (Å²) in [6, 6.07) is 0.293. The Morgan fingerprint density at radius 2 is 1.50 bits per heavy atom. The number of urea groups is 1. The average molecular weight is 292 g/mol. The molecule has 2 aliphatic rings. The first-order chi connectivity index (χ1) is 7.52. The molecule has 0 N–H and O–H groups in total. The summed E-state index contributed by atoms with van der Waals surface area (Å²) in [6.45, 7) is 4.03. The second-order valence-corrected chi connectivity index (χ2v) is 7.18. The van der Waals surface area contributed by atoms with Gasteiger partial charge in [0, 0.05) is 23.6 Å². The van der Waals surface area contributed by atoms with Crippen LogP contribution in [0.5, 0.6) is 0 Å². The van der Waals surface area contributed by atoms with Gasteiger partial charge in [0.2, 0.25) is 0 Å². The minimum Gasteiger partial charge on any atom is -0.275 e. The fourth-order valence-corrected chi connectivity index (χ4v) is 4.47. The van der Waals surface area contributed by atoms with E-state index in [9.17, 15) is 4.79 Å². The fraction of sp³-hybridized carbons (Fsp3) is 0.667. The third-order valence-electron chi connectivity index (χ3n) is 2.58. The first kappa shape index (κ1) is 12.6. The highest BCUT2D eigenvalue weighted by atomic mass is 32.2. The van der Waals surface area contributed by atoms with Gasteiger partial charge in [-0.2, -0.15) is 0 Å². The van der Waals surface area contributed by atoms with E-state index in [0.717, 1.165) is 11.5 Å². The number of carbonyl (C=O) groups excluding carboxylic acids is 1. The summed E-state index contributed by atoms with van der Waals surface area (Å²) in [5, 5.41) is 0. The van der Waals surface area contributed by atoms with Gasteiger partial charge in [-0.05, 0) is 13.8 Å². The van der Waals surface area contributed by atoms with Crippen molar-refractivity contribution in [2.75, 3.05) is 11.5 Å². The highest BCUT2D eigenvalue weighted by molar-refractivity contribution is 8.23. The third kappa shape index (κ3) is 2.10. The normalized spacial score (nSPS) is 30.4. The molecule has 2 saturated heterocycles. The first-order valence-electron chi connectivity index (χ1n) is 4.98. The molecule has 0 aromatic rings. The lowest BCUT2D eigenvalue weighted by Crippen LogP contribution is -2.49. The molecule has 0 aliphatic carbocycles. The molecule has 2 atom stereocenters. The molecule has 0 aromatic heterocycles. The predicted octanol–water partition coefficient (Wildman–Crippen LogP) is 2.55. The molecule has 0 saturated carbocycles. The van der Waals surface area contributed by atoms with Crippen LogP contribution in [-0.4, -0.2) is 48.1 Å². The van der Waals surface area contributed by atoms with Crippen LogP contribution in [0.3, 0.4) is 0 Å². The van der Waals surface area contributed by atoms with Gasteiger partial charge in [-0.1, -0.05) is 48.0 Å². The van der Waals surface area contributed by atoms with Crippen LogP contribution in [0.25, 0.3) is 0 Å². The first-order valence-corrected chi connectivity index (χ1v) is 7.77. The summed E-state index contributed by atoms with van der Waals surface area (Å²) in [4.78, 5) is 15.7. The maximum absolute atomic E-state index is 12.3. The van der Waals surface area contributed by atoms with Crippen LogP contribution in [0.2, 0.25) is 0 Å². The van der Waals surface area contributed by atoms with Gasteiger partial charge in [0.15, 0.2) is 0 Å². The van der Waals surface area contributed by atoms with Crippen molar-refractivity contribution in [3.63, 3.8) is 0 Å². The Bertz CT molecular complexity index is 327. The van der Waals surface area contributed by atoms with Crippen LogP contribution in [0.4, 0.5) is 4.79 Å². The molecule has 0 aromatic carbocycles. The quantitative estimate of drug-likeness (QED) is 0.639. The van der Waals surface area contributed by atoms with E-state index in [1.807, 2.05) is 13.8 Å². The van der Waals surface area contributed by atoms with Gasteiger partial charge in [-0.3, -0.25) is 9.80 Å². The van der Waals surface area contributed by atoms with E-state index in [1.54, 1.807) is 33.3 Å². The largest absolute Gasteiger partial charge is 0.331 e. The van der Waals surface area contributed by atoms with E-state index in [0.29, 0.717) is 8.64 Å². The van der Waals surface area contributed by atoms with Gasteiger partial charge in [0.25, 0.3) is 0 Å². The standard InChI is InChI=1S/C9H12N2OS4/c1-5-3-15-8(13)10(5)7(12)11-6(2)4-16-9(11)14/h5-6H,3-4H2,1-2H3/t5-,6-/m0/s1. The zero-order valence-corrected chi connectivity index (χ0v) is 12.3. The second kappa shape index (κ2) is 4.80. The summed E-state index contributed by atoms with van der Waals surface area (Å²) in [5.74, 6) is 1.76. The maximum Gasteiger partial charge on any atom is 0.331 e. The number of thioether (sulfide) groups is 2. The zero-order valence-electron chi connectivity index (χ0n) is 9.00. The lowest BCUT2D eigenvalue weighted by molar-refractivity contribution is 0.189. The van der Waals surface area contributed by atoms with Gasteiger partial charge in [0.1, 0.15) is 8.64 Å². The van der Waals surface area contributed by atoms with E-state index in [4.69, 9.17) is 24.4 Å². The Labute approximate surface area is 114 Å². The molecule has 0 unspecified atom stereocenters. The van der Waals surface area contributed by atoms with Crippen molar-refractivity contribution in [1.82, 2.24) is 9.80 Å². The molecular weight excluding hydrogens is 280 g/mol. The number of carbonyl (C=O) groups is 1. The van der Waals surface area contributed by atoms with Gasteiger partial charge < -0.3 is 0 Å². The van der Waals surface area contributed by atoms with E-state index in [1.165, 1.54) is 0 Å². The number of hydrogen-bond donors (Lipinski definition) is 0. The second-order valence-electron chi connectivity index (χ2n) is 3.87. The lowest BCUT2D eigenvalue weighted by atomic mass is 10.3. The average Bonchev–Trinajstić information content (AvgIpc) is 2.71. The van der Waals surface area contributed by atoms with Crippen molar-refractivity contribution in [3.8, 4) is 0 Å². The fourth-order valence-electron chi connectivity index (χ4n) is 1.68. The van der Waals surface area contributed by atoms with Crippen LogP contribution in [-0.2, 0) is 0 Å². The van der Waals surface area contributed by atoms with Gasteiger partial charge >= 0.3 is 6.03 Å². The van der Waals surface area contributed by atoms with Gasteiger partial charge in [0.05, 0.1) is 0 Å². The van der Waals surface area contributed by atoms with Crippen LogP contribution in [0.1, 0.15) is 13.8 Å². The van der Waals surface area contributed by atoms with Crippen LogP contribution in [0, 0.1) is 0 Å². The highest BCUT2D eigenvalue weighted by Crippen LogP contribution is 2.30. The van der Waals surface area contributed by atoms with Crippen molar-refractivity contribution in [2.24, 2.45) is 0 Å². The smallest absolute Gasteiger partial charge is 0.275 e. The molecule has 0 radical (unpaired) electrons. The number of hydrogen-bond acceptors (Lipinski definition) is 5. The van der Waals surface area contributed by atoms with E-state index >= 15 is 0 Å². The number of nitrogens with zero attached hydrogens (tertiary/aromatic N) is 2. The Morgan fingerprint density at radius 3 is 1.75 bits per heavy atom. The summed E-state index contributed by atoms with van der Waals surface area (Å²) < 4.78 is 1.34. The Hall–Kier alpha value is 0.150. The Kier molecular flexibility index (Phi) is 3.78. The molecule has 3 nitrogen and oxygen atoms in total. The van der Waals surface area contributed by atoms with Crippen LogP contribution < -0.4 is 0 Å². The van der Waals surface area contributed by atoms with E-state index < -0.39 is 0 Å². The number of thiocarbonyl (C=S) groups is 2. The molecule has 7 heteroatoms. The number of rotatable bonds is 0. The monoisotopic (exact) mass is 292 g/mol. The molecule has 0 bridgehead atoms. The van der Waals surface area contributed by atoms with Crippen molar-refractivity contribution in [3.05, 3.63) is 0 Å². The zero-order chi connectivity index (χ0) is 11.9. The molecule has 88 valence electrons. The molecule has 0 spiro atoms. The summed E-state index contributed by atoms with van der Waals surface area (Å²) >= 11 is 13.5. The van der Waals surface area contributed by atoms with Crippen molar-refractivity contribution in [2.45, 2.75) is 25.9 Å². The predicted molar refractivity (Wildman–Crippen MR) is 78.1 cm³/mol.